The van der Waals surface area contributed by atoms with Crippen molar-refractivity contribution in [2.45, 2.75) is 6.04 Å². The largest absolute Gasteiger partial charge is 0.508 e. The number of benzene rings is 1. The molecule has 0 amide bonds. The molecule has 1 aliphatic rings. The molecule has 2 N–H and O–H groups in total. The highest BCUT2D eigenvalue weighted by molar-refractivity contribution is 5.85. The van der Waals surface area contributed by atoms with Crippen molar-refractivity contribution < 1.29 is 9.50 Å². The summed E-state index contributed by atoms with van der Waals surface area (Å²) in [5, 5.41) is 12.6. The molecule has 0 saturated carbocycles. The second-order valence-electron chi connectivity index (χ2n) is 4.05. The minimum Gasteiger partial charge on any atom is -0.508 e. The Morgan fingerprint density at radius 1 is 1.28 bits per heavy atom. The van der Waals surface area contributed by atoms with Crippen LogP contribution in [-0.4, -0.2) is 42.9 Å². The van der Waals surface area contributed by atoms with E-state index in [-0.39, 0.29) is 36.6 Å². The Kier molecular flexibility index (Phi) is 8.27. The number of hydrogen-bond acceptors (Lipinski definition) is 3. The monoisotopic (exact) mass is 296 g/mol. The molecule has 1 heterocycles. The number of rotatable bonds is 3. The molecule has 6 heteroatoms. The van der Waals surface area contributed by atoms with Crippen LogP contribution in [0.5, 0.6) is 5.75 Å². The van der Waals surface area contributed by atoms with Gasteiger partial charge in [0.05, 0.1) is 6.04 Å². The highest BCUT2D eigenvalue weighted by atomic mass is 35.5. The van der Waals surface area contributed by atoms with Gasteiger partial charge in [-0.3, -0.25) is 4.90 Å². The van der Waals surface area contributed by atoms with Crippen LogP contribution in [0.1, 0.15) is 11.6 Å². The Morgan fingerprint density at radius 3 is 2.50 bits per heavy atom. The van der Waals surface area contributed by atoms with Crippen molar-refractivity contribution in [2.75, 3.05) is 32.9 Å². The summed E-state index contributed by atoms with van der Waals surface area (Å²) in [5.74, 6) is 0.200. The van der Waals surface area contributed by atoms with Crippen molar-refractivity contribution in [3.05, 3.63) is 29.8 Å². The van der Waals surface area contributed by atoms with Crippen LogP contribution in [0.3, 0.4) is 0 Å². The van der Waals surface area contributed by atoms with Crippen molar-refractivity contribution in [1.29, 1.82) is 0 Å². The molecule has 1 fully saturated rings. The van der Waals surface area contributed by atoms with Gasteiger partial charge in [0.15, 0.2) is 0 Å². The average molecular weight is 297 g/mol. The summed E-state index contributed by atoms with van der Waals surface area (Å²) < 4.78 is 13.1. The lowest BCUT2D eigenvalue weighted by atomic mass is 10.1. The van der Waals surface area contributed by atoms with Crippen molar-refractivity contribution in [1.82, 2.24) is 10.2 Å². The maximum Gasteiger partial charge on any atom is 0.115 e. The number of halogens is 3. The van der Waals surface area contributed by atoms with Crippen LogP contribution in [0.2, 0.25) is 0 Å². The Labute approximate surface area is 119 Å². The third kappa shape index (κ3) is 4.28. The number of nitrogens with one attached hydrogen (secondary N) is 1. The summed E-state index contributed by atoms with van der Waals surface area (Å²) in [5.41, 5.74) is 0.851. The molecule has 1 aromatic carbocycles. The lowest BCUT2D eigenvalue weighted by molar-refractivity contribution is 0.147. The minimum absolute atomic E-state index is 0. The molecule has 0 aromatic heterocycles. The van der Waals surface area contributed by atoms with Crippen LogP contribution in [0, 0.1) is 0 Å². The van der Waals surface area contributed by atoms with Crippen LogP contribution in [-0.2, 0) is 0 Å². The van der Waals surface area contributed by atoms with Gasteiger partial charge in [-0.25, -0.2) is 4.39 Å². The van der Waals surface area contributed by atoms with Crippen molar-refractivity contribution in [3.8, 4) is 5.75 Å². The van der Waals surface area contributed by atoms with Gasteiger partial charge in [-0.05, 0) is 17.7 Å². The predicted molar refractivity (Wildman–Crippen MR) is 75.8 cm³/mol. The normalized spacial score (nSPS) is 17.4. The SMILES string of the molecule is Cl.Cl.Oc1cccc([C@@H](CF)N2CCNCC2)c1. The molecule has 0 radical (unpaired) electrons. The molecule has 1 saturated heterocycles. The quantitative estimate of drug-likeness (QED) is 0.897. The zero-order valence-electron chi connectivity index (χ0n) is 10.0. The molecule has 1 aliphatic heterocycles. The van der Waals surface area contributed by atoms with E-state index in [1.807, 2.05) is 6.07 Å². The van der Waals surface area contributed by atoms with Crippen LogP contribution < -0.4 is 5.32 Å². The maximum absolute atomic E-state index is 13.1. The zero-order chi connectivity index (χ0) is 11.4. The Morgan fingerprint density at radius 2 is 1.94 bits per heavy atom. The smallest absolute Gasteiger partial charge is 0.115 e. The number of hydrogen-bond donors (Lipinski definition) is 2. The van der Waals surface area contributed by atoms with Gasteiger partial charge < -0.3 is 10.4 Å². The summed E-state index contributed by atoms with van der Waals surface area (Å²) in [7, 11) is 0. The number of alkyl halides is 1. The molecule has 104 valence electrons. The summed E-state index contributed by atoms with van der Waals surface area (Å²) in [6, 6.07) is 6.65. The first-order valence-electron chi connectivity index (χ1n) is 5.61. The molecular formula is C12H19Cl2FN2O. The van der Waals surface area contributed by atoms with Crippen molar-refractivity contribution in [3.63, 3.8) is 0 Å². The highest BCUT2D eigenvalue weighted by Crippen LogP contribution is 2.24. The number of nitrogens with zero attached hydrogens (tertiary/aromatic N) is 1. The first kappa shape index (κ1) is 17.4. The van der Waals surface area contributed by atoms with Gasteiger partial charge in [0.2, 0.25) is 0 Å². The molecule has 2 rings (SSSR count). The van der Waals surface area contributed by atoms with E-state index in [0.717, 1.165) is 31.7 Å². The minimum atomic E-state index is -0.413. The number of piperazine rings is 1. The van der Waals surface area contributed by atoms with E-state index in [1.165, 1.54) is 0 Å². The number of phenols is 1. The van der Waals surface area contributed by atoms with Gasteiger partial charge in [0, 0.05) is 26.2 Å². The van der Waals surface area contributed by atoms with E-state index >= 15 is 0 Å². The first-order valence-corrected chi connectivity index (χ1v) is 5.61. The fourth-order valence-electron chi connectivity index (χ4n) is 2.12. The molecule has 18 heavy (non-hydrogen) atoms. The van der Waals surface area contributed by atoms with Gasteiger partial charge in [-0.1, -0.05) is 12.1 Å². The van der Waals surface area contributed by atoms with E-state index in [0.29, 0.717) is 0 Å². The third-order valence-corrected chi connectivity index (χ3v) is 2.99. The van der Waals surface area contributed by atoms with Gasteiger partial charge in [0.25, 0.3) is 0 Å². The topological polar surface area (TPSA) is 35.5 Å². The second-order valence-corrected chi connectivity index (χ2v) is 4.05. The molecule has 3 nitrogen and oxygen atoms in total. The van der Waals surface area contributed by atoms with Gasteiger partial charge >= 0.3 is 0 Å². The van der Waals surface area contributed by atoms with Gasteiger partial charge in [0.1, 0.15) is 12.4 Å². The zero-order valence-corrected chi connectivity index (χ0v) is 11.6. The molecule has 1 atom stereocenters. The fraction of sp³-hybridized carbons (Fsp3) is 0.500. The van der Waals surface area contributed by atoms with Crippen LogP contribution in [0.25, 0.3) is 0 Å². The third-order valence-electron chi connectivity index (χ3n) is 2.99. The van der Waals surface area contributed by atoms with Crippen LogP contribution in [0.4, 0.5) is 4.39 Å². The molecule has 0 aliphatic carbocycles. The highest BCUT2D eigenvalue weighted by Gasteiger charge is 2.22. The average Bonchev–Trinajstić information content (AvgIpc) is 2.31. The standard InChI is InChI=1S/C12H17FN2O.2ClH/c13-9-12(15-6-4-14-5-7-15)10-2-1-3-11(16)8-10;;/h1-3,8,12,14,16H,4-7,9H2;2*1H/t12-;;/m1../s1. The number of phenolic OH excluding ortho intramolecular Hbond substituents is 1. The summed E-state index contributed by atoms with van der Waals surface area (Å²) in [4.78, 5) is 2.12. The molecule has 0 bridgehead atoms. The Hall–Kier alpha value is -0.550. The maximum atomic E-state index is 13.1. The lowest BCUT2D eigenvalue weighted by Gasteiger charge is -2.33. The predicted octanol–water partition coefficient (Wildman–Crippen LogP) is 2.15. The summed E-state index contributed by atoms with van der Waals surface area (Å²) in [6.07, 6.45) is 0. The van der Waals surface area contributed by atoms with E-state index in [1.54, 1.807) is 18.2 Å². The fourth-order valence-corrected chi connectivity index (χ4v) is 2.12. The van der Waals surface area contributed by atoms with Gasteiger partial charge in [-0.2, -0.15) is 0 Å². The van der Waals surface area contributed by atoms with E-state index in [9.17, 15) is 9.50 Å². The second kappa shape index (κ2) is 8.53. The van der Waals surface area contributed by atoms with Crippen molar-refractivity contribution in [2.24, 2.45) is 0 Å². The van der Waals surface area contributed by atoms with Crippen molar-refractivity contribution >= 4 is 24.8 Å². The molecule has 1 aromatic rings. The summed E-state index contributed by atoms with van der Waals surface area (Å²) >= 11 is 0. The first-order chi connectivity index (χ1) is 7.81. The van der Waals surface area contributed by atoms with Gasteiger partial charge in [-0.15, -0.1) is 24.8 Å². The van der Waals surface area contributed by atoms with Crippen LogP contribution in [0.15, 0.2) is 24.3 Å². The van der Waals surface area contributed by atoms with E-state index in [4.69, 9.17) is 0 Å². The van der Waals surface area contributed by atoms with E-state index < -0.39 is 6.67 Å². The Balaban J connectivity index is 0.00000144. The van der Waals surface area contributed by atoms with Crippen LogP contribution >= 0.6 is 24.8 Å². The molecule has 0 unspecified atom stereocenters. The molecule has 0 spiro atoms. The number of aromatic hydroxyl groups is 1. The Bertz CT molecular complexity index is 349. The van der Waals surface area contributed by atoms with E-state index in [2.05, 4.69) is 10.2 Å². The molecular weight excluding hydrogens is 278 g/mol. The lowest BCUT2D eigenvalue weighted by Crippen LogP contribution is -2.45. The summed E-state index contributed by atoms with van der Waals surface area (Å²) in [6.45, 7) is 3.09.